The molecule has 0 unspecified atom stereocenters. The molecule has 0 radical (unpaired) electrons. The first-order chi connectivity index (χ1) is 9.19. The number of pyridine rings is 2. The SMILES string of the molecule is O=CCN1c2ncc(Br)cc2Oc2cc(Br)cnc21. The highest BCUT2D eigenvalue weighted by Gasteiger charge is 2.27. The number of aromatic nitrogens is 2. The van der Waals surface area contributed by atoms with Crippen molar-refractivity contribution in [2.75, 3.05) is 11.4 Å². The van der Waals surface area contributed by atoms with Crippen LogP contribution in [-0.4, -0.2) is 22.8 Å². The Bertz CT molecular complexity index is 612. The number of halogens is 2. The van der Waals surface area contributed by atoms with Crippen molar-refractivity contribution in [3.8, 4) is 11.5 Å². The minimum absolute atomic E-state index is 0.173. The van der Waals surface area contributed by atoms with Gasteiger partial charge in [-0.1, -0.05) is 0 Å². The molecule has 1 aliphatic rings. The van der Waals surface area contributed by atoms with Gasteiger partial charge >= 0.3 is 0 Å². The van der Waals surface area contributed by atoms with Crippen LogP contribution in [0.3, 0.4) is 0 Å². The molecule has 2 aromatic rings. The summed E-state index contributed by atoms with van der Waals surface area (Å²) in [5.74, 6) is 2.34. The standard InChI is InChI=1S/C12H7Br2N3O2/c13-7-3-9-11(15-5-7)17(1-2-18)12-10(19-9)4-8(14)6-16-12/h2-6H,1H2. The Morgan fingerprint density at radius 1 is 1.11 bits per heavy atom. The number of hydrogen-bond acceptors (Lipinski definition) is 5. The lowest BCUT2D eigenvalue weighted by Crippen LogP contribution is -2.25. The predicted octanol–water partition coefficient (Wildman–Crippen LogP) is 3.44. The maximum absolute atomic E-state index is 10.9. The molecule has 5 nitrogen and oxygen atoms in total. The Hall–Kier alpha value is -1.47. The van der Waals surface area contributed by atoms with E-state index in [0.29, 0.717) is 23.1 Å². The molecule has 19 heavy (non-hydrogen) atoms. The summed E-state index contributed by atoms with van der Waals surface area (Å²) in [6.07, 6.45) is 4.13. The molecular weight excluding hydrogens is 378 g/mol. The van der Waals surface area contributed by atoms with Gasteiger partial charge in [0.25, 0.3) is 0 Å². The first kappa shape index (κ1) is 12.6. The molecule has 0 aliphatic carbocycles. The highest BCUT2D eigenvalue weighted by Crippen LogP contribution is 2.45. The summed E-state index contributed by atoms with van der Waals surface area (Å²) in [6, 6.07) is 3.62. The summed E-state index contributed by atoms with van der Waals surface area (Å²) in [4.78, 5) is 21.2. The molecule has 0 bridgehead atoms. The van der Waals surface area contributed by atoms with Crippen LogP contribution < -0.4 is 9.64 Å². The molecule has 0 amide bonds. The molecule has 1 aliphatic heterocycles. The number of hydrogen-bond donors (Lipinski definition) is 0. The monoisotopic (exact) mass is 383 g/mol. The minimum atomic E-state index is 0.173. The van der Waals surface area contributed by atoms with Gasteiger partial charge in [0.2, 0.25) is 0 Å². The van der Waals surface area contributed by atoms with Crippen LogP contribution in [0, 0.1) is 0 Å². The van der Waals surface area contributed by atoms with Crippen molar-refractivity contribution in [2.24, 2.45) is 0 Å². The quantitative estimate of drug-likeness (QED) is 0.742. The van der Waals surface area contributed by atoms with Gasteiger partial charge < -0.3 is 9.53 Å². The summed E-state index contributed by atoms with van der Waals surface area (Å²) in [7, 11) is 0. The fraction of sp³-hybridized carbons (Fsp3) is 0.0833. The summed E-state index contributed by atoms with van der Waals surface area (Å²) in [6.45, 7) is 0.173. The molecule has 0 aromatic carbocycles. The van der Waals surface area contributed by atoms with Crippen molar-refractivity contribution in [1.29, 1.82) is 0 Å². The van der Waals surface area contributed by atoms with E-state index in [1.807, 2.05) is 12.1 Å². The van der Waals surface area contributed by atoms with Crippen molar-refractivity contribution in [3.63, 3.8) is 0 Å². The molecule has 7 heteroatoms. The molecule has 96 valence electrons. The van der Waals surface area contributed by atoms with E-state index in [0.717, 1.165) is 15.2 Å². The van der Waals surface area contributed by atoms with Crippen molar-refractivity contribution in [2.45, 2.75) is 0 Å². The summed E-state index contributed by atoms with van der Waals surface area (Å²) in [5, 5.41) is 0. The number of fused-ring (bicyclic) bond motifs is 2. The van der Waals surface area contributed by atoms with E-state index in [4.69, 9.17) is 4.74 Å². The van der Waals surface area contributed by atoms with Gasteiger partial charge in [-0.3, -0.25) is 4.90 Å². The van der Waals surface area contributed by atoms with Gasteiger partial charge in [0, 0.05) is 33.5 Å². The molecule has 0 N–H and O–H groups in total. The number of ether oxygens (including phenoxy) is 1. The Balaban J connectivity index is 2.17. The van der Waals surface area contributed by atoms with Gasteiger partial charge in [0.15, 0.2) is 23.1 Å². The molecular formula is C12H7Br2N3O2. The third kappa shape index (κ3) is 2.23. The lowest BCUT2D eigenvalue weighted by Gasteiger charge is -2.29. The van der Waals surface area contributed by atoms with Gasteiger partial charge in [-0.05, 0) is 31.9 Å². The van der Waals surface area contributed by atoms with Crippen LogP contribution in [0.5, 0.6) is 11.5 Å². The van der Waals surface area contributed by atoms with Crippen LogP contribution in [0.2, 0.25) is 0 Å². The maximum atomic E-state index is 10.9. The van der Waals surface area contributed by atoms with E-state index >= 15 is 0 Å². The Kier molecular flexibility index (Phi) is 3.24. The molecule has 3 heterocycles. The molecule has 2 aromatic heterocycles. The molecule has 3 rings (SSSR count). The second-order valence-electron chi connectivity index (χ2n) is 3.83. The van der Waals surface area contributed by atoms with Gasteiger partial charge in [-0.2, -0.15) is 0 Å². The van der Waals surface area contributed by atoms with E-state index in [1.165, 1.54) is 0 Å². The van der Waals surface area contributed by atoms with E-state index in [-0.39, 0.29) is 6.54 Å². The smallest absolute Gasteiger partial charge is 0.178 e. The summed E-state index contributed by atoms with van der Waals surface area (Å²) >= 11 is 6.70. The molecule has 0 atom stereocenters. The number of nitrogens with zero attached hydrogens (tertiary/aromatic N) is 3. The predicted molar refractivity (Wildman–Crippen MR) is 77.0 cm³/mol. The minimum Gasteiger partial charge on any atom is -0.449 e. The van der Waals surface area contributed by atoms with Crippen molar-refractivity contribution in [1.82, 2.24) is 9.97 Å². The topological polar surface area (TPSA) is 55.3 Å². The van der Waals surface area contributed by atoms with E-state index in [9.17, 15) is 4.79 Å². The number of carbonyl (C=O) groups is 1. The number of rotatable bonds is 2. The number of anilines is 2. The molecule has 0 saturated carbocycles. The van der Waals surface area contributed by atoms with Crippen LogP contribution in [-0.2, 0) is 4.79 Å². The average Bonchev–Trinajstić information content (AvgIpc) is 2.37. The first-order valence-electron chi connectivity index (χ1n) is 5.39. The fourth-order valence-corrected chi connectivity index (χ4v) is 2.47. The van der Waals surface area contributed by atoms with Crippen LogP contribution >= 0.6 is 31.9 Å². The fourth-order valence-electron chi connectivity index (χ4n) is 1.85. The zero-order chi connectivity index (χ0) is 13.4. The van der Waals surface area contributed by atoms with E-state index < -0.39 is 0 Å². The van der Waals surface area contributed by atoms with Crippen LogP contribution in [0.25, 0.3) is 0 Å². The van der Waals surface area contributed by atoms with Gasteiger partial charge in [-0.15, -0.1) is 0 Å². The van der Waals surface area contributed by atoms with Crippen molar-refractivity contribution < 1.29 is 9.53 Å². The average molecular weight is 385 g/mol. The summed E-state index contributed by atoms with van der Waals surface area (Å²) in [5.41, 5.74) is 0. The molecule has 0 saturated heterocycles. The van der Waals surface area contributed by atoms with E-state index in [1.54, 1.807) is 17.3 Å². The Morgan fingerprint density at radius 2 is 1.63 bits per heavy atom. The Labute approximate surface area is 125 Å². The van der Waals surface area contributed by atoms with Crippen molar-refractivity contribution in [3.05, 3.63) is 33.5 Å². The third-order valence-corrected chi connectivity index (χ3v) is 3.45. The second-order valence-corrected chi connectivity index (χ2v) is 5.66. The number of aldehydes is 1. The second kappa shape index (κ2) is 4.90. The normalized spacial score (nSPS) is 12.4. The van der Waals surface area contributed by atoms with Gasteiger partial charge in [-0.25, -0.2) is 9.97 Å². The molecule has 0 fully saturated rings. The van der Waals surface area contributed by atoms with Gasteiger partial charge in [0.1, 0.15) is 6.29 Å². The maximum Gasteiger partial charge on any atom is 0.178 e. The lowest BCUT2D eigenvalue weighted by molar-refractivity contribution is -0.106. The zero-order valence-corrected chi connectivity index (χ0v) is 12.7. The first-order valence-corrected chi connectivity index (χ1v) is 6.98. The van der Waals surface area contributed by atoms with Crippen LogP contribution in [0.15, 0.2) is 33.5 Å². The Morgan fingerprint density at radius 3 is 2.11 bits per heavy atom. The zero-order valence-electron chi connectivity index (χ0n) is 9.51. The number of carbonyl (C=O) groups excluding carboxylic acids is 1. The lowest BCUT2D eigenvalue weighted by atomic mass is 10.3. The highest BCUT2D eigenvalue weighted by molar-refractivity contribution is 9.10. The van der Waals surface area contributed by atoms with Crippen LogP contribution in [0.4, 0.5) is 11.6 Å². The largest absolute Gasteiger partial charge is 0.449 e. The third-order valence-electron chi connectivity index (χ3n) is 2.59. The van der Waals surface area contributed by atoms with Crippen molar-refractivity contribution >= 4 is 49.8 Å². The van der Waals surface area contributed by atoms with Crippen LogP contribution in [0.1, 0.15) is 0 Å². The summed E-state index contributed by atoms with van der Waals surface area (Å²) < 4.78 is 7.39. The highest BCUT2D eigenvalue weighted by atomic mass is 79.9. The van der Waals surface area contributed by atoms with Gasteiger partial charge in [0.05, 0.1) is 6.54 Å². The molecule has 0 spiro atoms. The van der Waals surface area contributed by atoms with E-state index in [2.05, 4.69) is 41.8 Å².